The third kappa shape index (κ3) is 3.51. The van der Waals surface area contributed by atoms with Crippen molar-refractivity contribution in [2.75, 3.05) is 13.1 Å². The minimum absolute atomic E-state index is 0.00268. The van der Waals surface area contributed by atoms with Crippen molar-refractivity contribution in [3.8, 4) is 11.1 Å². The van der Waals surface area contributed by atoms with E-state index in [9.17, 15) is 27.9 Å². The van der Waals surface area contributed by atoms with Crippen LogP contribution in [0.1, 0.15) is 22.3 Å². The standard InChI is InChI=1S/C21H17F3N2O3/c22-21(23,24)14-5-3-4-13(10-14)16-11-17(19(28)25-9-7-15(27)12-25)18-6-1-2-8-26(18)20(16)29/h1-6,8,10-11,15,27H,7,9,12H2. The number of hydrogen-bond acceptors (Lipinski definition) is 3. The topological polar surface area (TPSA) is 62.0 Å². The number of rotatable bonds is 2. The van der Waals surface area contributed by atoms with Gasteiger partial charge in [0.25, 0.3) is 11.5 Å². The maximum atomic E-state index is 13.1. The number of benzene rings is 1. The van der Waals surface area contributed by atoms with Crippen molar-refractivity contribution >= 4 is 11.4 Å². The van der Waals surface area contributed by atoms with Gasteiger partial charge in [-0.05, 0) is 42.3 Å². The zero-order valence-electron chi connectivity index (χ0n) is 15.2. The van der Waals surface area contributed by atoms with Crippen LogP contribution in [0.4, 0.5) is 13.2 Å². The molecule has 2 aromatic heterocycles. The van der Waals surface area contributed by atoms with Crippen molar-refractivity contribution in [3.63, 3.8) is 0 Å². The molecule has 1 unspecified atom stereocenters. The van der Waals surface area contributed by atoms with E-state index in [1.54, 1.807) is 18.2 Å². The Morgan fingerprint density at radius 1 is 1.10 bits per heavy atom. The summed E-state index contributed by atoms with van der Waals surface area (Å²) in [5.74, 6) is -0.376. The smallest absolute Gasteiger partial charge is 0.391 e. The molecule has 1 aromatic carbocycles. The number of fused-ring (bicyclic) bond motifs is 1. The summed E-state index contributed by atoms with van der Waals surface area (Å²) < 4.78 is 40.6. The Labute approximate surface area is 163 Å². The van der Waals surface area contributed by atoms with E-state index in [1.165, 1.54) is 33.7 Å². The molecule has 5 nitrogen and oxygen atoms in total. The van der Waals surface area contributed by atoms with Gasteiger partial charge in [0.2, 0.25) is 0 Å². The molecule has 1 saturated heterocycles. The Balaban J connectivity index is 1.91. The number of aromatic nitrogens is 1. The van der Waals surface area contributed by atoms with Crippen molar-refractivity contribution < 1.29 is 23.1 Å². The molecule has 1 aliphatic heterocycles. The summed E-state index contributed by atoms with van der Waals surface area (Å²) in [4.78, 5) is 27.5. The summed E-state index contributed by atoms with van der Waals surface area (Å²) >= 11 is 0. The van der Waals surface area contributed by atoms with Crippen LogP contribution < -0.4 is 5.56 Å². The van der Waals surface area contributed by atoms with Crippen LogP contribution >= 0.6 is 0 Å². The summed E-state index contributed by atoms with van der Waals surface area (Å²) in [5, 5.41) is 9.74. The molecule has 8 heteroatoms. The van der Waals surface area contributed by atoms with Crippen LogP contribution in [0.15, 0.2) is 59.5 Å². The van der Waals surface area contributed by atoms with Crippen LogP contribution in [0.5, 0.6) is 0 Å². The van der Waals surface area contributed by atoms with Gasteiger partial charge in [-0.15, -0.1) is 0 Å². The van der Waals surface area contributed by atoms with Gasteiger partial charge < -0.3 is 10.0 Å². The molecule has 0 radical (unpaired) electrons. The van der Waals surface area contributed by atoms with Crippen molar-refractivity contribution in [1.82, 2.24) is 9.30 Å². The number of pyridine rings is 2. The highest BCUT2D eigenvalue weighted by Gasteiger charge is 2.31. The second-order valence-corrected chi connectivity index (χ2v) is 7.00. The Kier molecular flexibility index (Phi) is 4.66. The van der Waals surface area contributed by atoms with Crippen LogP contribution in [0.2, 0.25) is 0 Å². The summed E-state index contributed by atoms with van der Waals surface area (Å²) in [6.45, 7) is 0.548. The summed E-state index contributed by atoms with van der Waals surface area (Å²) in [6.07, 6.45) is -3.23. The molecule has 1 aliphatic rings. The predicted octanol–water partition coefficient (Wildman–Crippen LogP) is 3.19. The number of hydrogen-bond donors (Lipinski definition) is 1. The van der Waals surface area contributed by atoms with Crippen molar-refractivity contribution in [2.24, 2.45) is 0 Å². The SMILES string of the molecule is O=C(c1cc(-c2cccc(C(F)(F)F)c2)c(=O)n2ccccc12)N1CCC(O)C1. The van der Waals surface area contributed by atoms with Gasteiger partial charge in [0.05, 0.1) is 22.7 Å². The molecule has 0 aliphatic carbocycles. The van der Waals surface area contributed by atoms with Crippen LogP contribution in [-0.2, 0) is 6.18 Å². The number of nitrogens with zero attached hydrogens (tertiary/aromatic N) is 2. The van der Waals surface area contributed by atoms with Crippen LogP contribution in [0.25, 0.3) is 16.6 Å². The van der Waals surface area contributed by atoms with Crippen LogP contribution in [0.3, 0.4) is 0 Å². The molecule has 1 atom stereocenters. The Morgan fingerprint density at radius 3 is 2.59 bits per heavy atom. The van der Waals surface area contributed by atoms with Crippen LogP contribution in [0, 0.1) is 0 Å². The first-order chi connectivity index (χ1) is 13.8. The van der Waals surface area contributed by atoms with Gasteiger partial charge in [0.1, 0.15) is 0 Å². The molecule has 29 heavy (non-hydrogen) atoms. The fourth-order valence-corrected chi connectivity index (χ4v) is 3.59. The average Bonchev–Trinajstić information content (AvgIpc) is 3.14. The highest BCUT2D eigenvalue weighted by molar-refractivity contribution is 6.02. The molecule has 0 saturated carbocycles. The number of aliphatic hydroxyl groups is 1. The zero-order chi connectivity index (χ0) is 20.8. The second kappa shape index (κ2) is 7.04. The first-order valence-electron chi connectivity index (χ1n) is 9.05. The molecule has 3 aromatic rings. The first-order valence-corrected chi connectivity index (χ1v) is 9.05. The molecule has 0 bridgehead atoms. The minimum Gasteiger partial charge on any atom is -0.391 e. The Morgan fingerprint density at radius 2 is 1.90 bits per heavy atom. The van der Waals surface area contributed by atoms with Gasteiger partial charge in [0, 0.05) is 24.8 Å². The van der Waals surface area contributed by atoms with E-state index in [2.05, 4.69) is 0 Å². The molecule has 3 heterocycles. The van der Waals surface area contributed by atoms with Gasteiger partial charge in [-0.2, -0.15) is 13.2 Å². The highest BCUT2D eigenvalue weighted by Crippen LogP contribution is 2.32. The lowest BCUT2D eigenvalue weighted by Gasteiger charge is -2.18. The molecular weight excluding hydrogens is 385 g/mol. The number of amides is 1. The molecule has 1 amide bonds. The second-order valence-electron chi connectivity index (χ2n) is 7.00. The number of aliphatic hydroxyl groups excluding tert-OH is 1. The van der Waals surface area contributed by atoms with Gasteiger partial charge in [0.15, 0.2) is 0 Å². The number of halogens is 3. The normalized spacial score (nSPS) is 17.1. The lowest BCUT2D eigenvalue weighted by molar-refractivity contribution is -0.137. The summed E-state index contributed by atoms with van der Waals surface area (Å²) in [5.41, 5.74) is -0.742. The number of alkyl halides is 3. The van der Waals surface area contributed by atoms with Crippen molar-refractivity contribution in [3.05, 3.63) is 76.2 Å². The molecule has 150 valence electrons. The third-order valence-corrected chi connectivity index (χ3v) is 5.06. The highest BCUT2D eigenvalue weighted by atomic mass is 19.4. The summed E-state index contributed by atoms with van der Waals surface area (Å²) in [7, 11) is 0. The van der Waals surface area contributed by atoms with Gasteiger partial charge in [-0.3, -0.25) is 14.0 Å². The number of carbonyl (C=O) groups is 1. The first kappa shape index (κ1) is 19.2. The maximum Gasteiger partial charge on any atom is 0.416 e. The van der Waals surface area contributed by atoms with E-state index in [1.807, 2.05) is 0 Å². The van der Waals surface area contributed by atoms with Crippen LogP contribution in [-0.4, -0.2) is 39.5 Å². The van der Waals surface area contributed by atoms with Gasteiger partial charge >= 0.3 is 6.18 Å². The lowest BCUT2D eigenvalue weighted by atomic mass is 10.0. The maximum absolute atomic E-state index is 13.1. The number of β-amino-alcohol motifs (C(OH)–C–C–N with tert-alkyl or cyclic N) is 1. The summed E-state index contributed by atoms with van der Waals surface area (Å²) in [6, 6.07) is 10.7. The van der Waals surface area contributed by atoms with Crippen molar-refractivity contribution in [1.29, 1.82) is 0 Å². The monoisotopic (exact) mass is 402 g/mol. The predicted molar refractivity (Wildman–Crippen MR) is 101 cm³/mol. The molecule has 4 rings (SSSR count). The van der Waals surface area contributed by atoms with Gasteiger partial charge in [-0.25, -0.2) is 0 Å². The van der Waals surface area contributed by atoms with E-state index >= 15 is 0 Å². The number of carbonyl (C=O) groups excluding carboxylic acids is 1. The Hall–Kier alpha value is -3.13. The molecule has 0 spiro atoms. The van der Waals surface area contributed by atoms with Gasteiger partial charge in [-0.1, -0.05) is 18.2 Å². The van der Waals surface area contributed by atoms with E-state index in [0.29, 0.717) is 18.5 Å². The van der Waals surface area contributed by atoms with E-state index < -0.39 is 23.4 Å². The fraction of sp³-hybridized carbons (Fsp3) is 0.238. The van der Waals surface area contributed by atoms with E-state index in [0.717, 1.165) is 12.1 Å². The van der Waals surface area contributed by atoms with Crippen molar-refractivity contribution in [2.45, 2.75) is 18.7 Å². The quantitative estimate of drug-likeness (QED) is 0.716. The fourth-order valence-electron chi connectivity index (χ4n) is 3.59. The van der Waals surface area contributed by atoms with E-state index in [-0.39, 0.29) is 29.1 Å². The Bertz CT molecular complexity index is 1150. The average molecular weight is 402 g/mol. The number of likely N-dealkylation sites (tertiary alicyclic amines) is 1. The van der Waals surface area contributed by atoms with E-state index in [4.69, 9.17) is 0 Å². The molecule has 1 fully saturated rings. The largest absolute Gasteiger partial charge is 0.416 e. The third-order valence-electron chi connectivity index (χ3n) is 5.06. The minimum atomic E-state index is -4.55. The molecular formula is C21H17F3N2O3. The molecule has 1 N–H and O–H groups in total. The zero-order valence-corrected chi connectivity index (χ0v) is 15.2. The lowest BCUT2D eigenvalue weighted by Crippen LogP contribution is -2.31.